The predicted molar refractivity (Wildman–Crippen MR) is 135 cm³/mol. The normalized spacial score (nSPS) is 26.6. The SMILES string of the molecule is COc1ccc(C(C2CC2C(=O)NC2CC(C(F)(F)F)Oc3ccccc32)N2C(=O)CC(C)(C)N=C2N)cn1. The minimum Gasteiger partial charge on any atom is -0.481 e. The Bertz CT molecular complexity index is 1300. The maximum Gasteiger partial charge on any atom is 0.425 e. The number of methoxy groups -OCH3 is 1. The van der Waals surface area contributed by atoms with Crippen molar-refractivity contribution in [1.82, 2.24) is 15.2 Å². The topological polar surface area (TPSA) is 119 Å². The number of hydrogen-bond donors (Lipinski definition) is 2. The molecule has 1 aliphatic carbocycles. The van der Waals surface area contributed by atoms with Crippen LogP contribution in [0.2, 0.25) is 0 Å². The zero-order chi connectivity index (χ0) is 28.1. The predicted octanol–water partition coefficient (Wildman–Crippen LogP) is 3.66. The first-order valence-electron chi connectivity index (χ1n) is 12.7. The first-order chi connectivity index (χ1) is 18.4. The number of nitrogens with one attached hydrogen (secondary N) is 1. The summed E-state index contributed by atoms with van der Waals surface area (Å²) in [6.07, 6.45) is -4.93. The second-order valence-electron chi connectivity index (χ2n) is 10.8. The third-order valence-corrected chi connectivity index (χ3v) is 7.38. The van der Waals surface area contributed by atoms with Crippen LogP contribution in [0, 0.1) is 11.8 Å². The Morgan fingerprint density at radius 3 is 2.62 bits per heavy atom. The van der Waals surface area contributed by atoms with Crippen molar-refractivity contribution in [1.29, 1.82) is 0 Å². The molecule has 3 aliphatic rings. The quantitative estimate of drug-likeness (QED) is 0.572. The molecule has 0 saturated heterocycles. The number of fused-ring (bicyclic) bond motifs is 1. The lowest BCUT2D eigenvalue weighted by molar-refractivity contribution is -0.201. The second-order valence-corrected chi connectivity index (χ2v) is 10.8. The van der Waals surface area contributed by atoms with Gasteiger partial charge in [-0.25, -0.2) is 9.98 Å². The van der Waals surface area contributed by atoms with Gasteiger partial charge in [0.15, 0.2) is 12.1 Å². The molecule has 0 spiro atoms. The van der Waals surface area contributed by atoms with E-state index < -0.39 is 48.1 Å². The largest absolute Gasteiger partial charge is 0.481 e. The average Bonchev–Trinajstić information content (AvgIpc) is 3.66. The molecule has 3 N–H and O–H groups in total. The van der Waals surface area contributed by atoms with Crippen molar-refractivity contribution in [2.75, 3.05) is 7.11 Å². The fourth-order valence-corrected chi connectivity index (χ4v) is 5.46. The van der Waals surface area contributed by atoms with Crippen molar-refractivity contribution >= 4 is 17.8 Å². The van der Waals surface area contributed by atoms with Crippen molar-refractivity contribution in [2.24, 2.45) is 22.6 Å². The van der Waals surface area contributed by atoms with Crippen LogP contribution in [0.4, 0.5) is 13.2 Å². The smallest absolute Gasteiger partial charge is 0.425 e. The molecule has 3 heterocycles. The van der Waals surface area contributed by atoms with Gasteiger partial charge in [-0.15, -0.1) is 0 Å². The van der Waals surface area contributed by atoms with Crippen molar-refractivity contribution < 1.29 is 32.2 Å². The highest BCUT2D eigenvalue weighted by atomic mass is 19.4. The van der Waals surface area contributed by atoms with Crippen LogP contribution in [0.5, 0.6) is 11.6 Å². The van der Waals surface area contributed by atoms with E-state index in [2.05, 4.69) is 15.3 Å². The number of nitrogens with zero attached hydrogens (tertiary/aromatic N) is 3. The zero-order valence-corrected chi connectivity index (χ0v) is 21.7. The van der Waals surface area contributed by atoms with Gasteiger partial charge >= 0.3 is 6.18 Å². The van der Waals surface area contributed by atoms with E-state index in [0.717, 1.165) is 0 Å². The highest BCUT2D eigenvalue weighted by Gasteiger charge is 2.54. The van der Waals surface area contributed by atoms with E-state index in [9.17, 15) is 22.8 Å². The number of hydrogen-bond acceptors (Lipinski definition) is 7. The number of para-hydroxylation sites is 1. The van der Waals surface area contributed by atoms with E-state index in [-0.39, 0.29) is 30.0 Å². The van der Waals surface area contributed by atoms with Gasteiger partial charge in [0.05, 0.1) is 31.2 Å². The molecule has 1 aromatic carbocycles. The molecule has 9 nitrogen and oxygen atoms in total. The lowest BCUT2D eigenvalue weighted by Gasteiger charge is -2.38. The number of pyridine rings is 1. The van der Waals surface area contributed by atoms with Gasteiger partial charge in [0, 0.05) is 30.2 Å². The highest BCUT2D eigenvalue weighted by molar-refractivity contribution is 5.99. The Morgan fingerprint density at radius 1 is 1.23 bits per heavy atom. The van der Waals surface area contributed by atoms with E-state index in [4.69, 9.17) is 15.2 Å². The Hall–Kier alpha value is -3.83. The molecule has 2 amide bonds. The molecule has 5 unspecified atom stereocenters. The standard InChI is InChI=1S/C27H30F3N5O4/c1-26(2)12-22(36)35(25(31)34-26)23(14-8-9-21(38-3)32-13-14)16-10-17(16)24(37)33-18-11-20(27(28,29)30)39-19-7-5-4-6-15(18)19/h4-9,13,16-18,20,23H,10-12H2,1-3H3,(H2,31,34)(H,33,37). The van der Waals surface area contributed by atoms with Gasteiger partial charge in [-0.1, -0.05) is 24.3 Å². The number of aliphatic imine (C=N–C) groups is 1. The number of carbonyl (C=O) groups excluding carboxylic acids is 2. The number of amides is 2. The molecule has 0 bridgehead atoms. The molecular weight excluding hydrogens is 515 g/mol. The van der Waals surface area contributed by atoms with Gasteiger partial charge in [0.1, 0.15) is 5.75 Å². The summed E-state index contributed by atoms with van der Waals surface area (Å²) >= 11 is 0. The number of aromatic nitrogens is 1. The summed E-state index contributed by atoms with van der Waals surface area (Å²) in [5.74, 6) is -0.988. The van der Waals surface area contributed by atoms with Crippen molar-refractivity contribution in [3.8, 4) is 11.6 Å². The molecule has 39 heavy (non-hydrogen) atoms. The Morgan fingerprint density at radius 2 is 1.97 bits per heavy atom. The van der Waals surface area contributed by atoms with Crippen LogP contribution in [0.3, 0.4) is 0 Å². The number of ether oxygens (including phenoxy) is 2. The van der Waals surface area contributed by atoms with Gasteiger partial charge in [-0.2, -0.15) is 13.2 Å². The van der Waals surface area contributed by atoms with E-state index in [1.54, 1.807) is 36.5 Å². The number of guanidine groups is 1. The number of rotatable bonds is 6. The Labute approximate surface area is 223 Å². The summed E-state index contributed by atoms with van der Waals surface area (Å²) in [6.45, 7) is 3.62. The molecule has 1 fully saturated rings. The first kappa shape index (κ1) is 26.8. The van der Waals surface area contributed by atoms with Crippen molar-refractivity contribution in [3.63, 3.8) is 0 Å². The lowest BCUT2D eigenvalue weighted by atomic mass is 9.94. The van der Waals surface area contributed by atoms with Gasteiger partial charge in [-0.3, -0.25) is 14.5 Å². The molecule has 5 atom stereocenters. The number of nitrogens with two attached hydrogens (primary N) is 1. The fraction of sp³-hybridized carbons (Fsp3) is 0.481. The fourth-order valence-electron chi connectivity index (χ4n) is 5.46. The Balaban J connectivity index is 1.40. The van der Waals surface area contributed by atoms with Crippen LogP contribution >= 0.6 is 0 Å². The third kappa shape index (κ3) is 5.37. The van der Waals surface area contributed by atoms with E-state index in [0.29, 0.717) is 23.4 Å². The Kier molecular flexibility index (Phi) is 6.68. The summed E-state index contributed by atoms with van der Waals surface area (Å²) in [4.78, 5) is 36.8. The summed E-state index contributed by atoms with van der Waals surface area (Å²) < 4.78 is 51.0. The summed E-state index contributed by atoms with van der Waals surface area (Å²) in [7, 11) is 1.49. The van der Waals surface area contributed by atoms with Crippen LogP contribution in [0.1, 0.15) is 56.3 Å². The van der Waals surface area contributed by atoms with Gasteiger partial charge in [0.25, 0.3) is 0 Å². The van der Waals surface area contributed by atoms with Crippen LogP contribution in [-0.2, 0) is 9.59 Å². The lowest BCUT2D eigenvalue weighted by Crippen LogP contribution is -2.52. The first-order valence-corrected chi connectivity index (χ1v) is 12.7. The minimum atomic E-state index is -4.58. The summed E-state index contributed by atoms with van der Waals surface area (Å²) in [5, 5.41) is 2.81. The van der Waals surface area contributed by atoms with Gasteiger partial charge in [0.2, 0.25) is 17.7 Å². The monoisotopic (exact) mass is 545 g/mol. The molecule has 12 heteroatoms. The average molecular weight is 546 g/mol. The second kappa shape index (κ2) is 9.73. The molecule has 2 aromatic rings. The zero-order valence-electron chi connectivity index (χ0n) is 21.7. The molecule has 2 aliphatic heterocycles. The maximum atomic E-state index is 13.5. The minimum absolute atomic E-state index is 0.0505. The molecule has 208 valence electrons. The van der Waals surface area contributed by atoms with E-state index >= 15 is 0 Å². The number of carbonyl (C=O) groups is 2. The molecular formula is C27H30F3N5O4. The molecule has 0 radical (unpaired) electrons. The van der Waals surface area contributed by atoms with Gasteiger partial charge < -0.3 is 20.5 Å². The van der Waals surface area contributed by atoms with Crippen LogP contribution < -0.4 is 20.5 Å². The highest BCUT2D eigenvalue weighted by Crippen LogP contribution is 2.51. The molecule has 5 rings (SSSR count). The van der Waals surface area contributed by atoms with E-state index in [1.807, 2.05) is 13.8 Å². The van der Waals surface area contributed by atoms with Gasteiger partial charge in [-0.05, 0) is 37.8 Å². The van der Waals surface area contributed by atoms with E-state index in [1.165, 1.54) is 18.1 Å². The van der Waals surface area contributed by atoms with Crippen LogP contribution in [0.25, 0.3) is 0 Å². The van der Waals surface area contributed by atoms with Crippen LogP contribution in [0.15, 0.2) is 47.6 Å². The number of alkyl halides is 3. The maximum absolute atomic E-state index is 13.5. The third-order valence-electron chi connectivity index (χ3n) is 7.38. The summed E-state index contributed by atoms with van der Waals surface area (Å²) in [5.41, 5.74) is 6.75. The molecule has 1 saturated carbocycles. The van der Waals surface area contributed by atoms with Crippen molar-refractivity contribution in [3.05, 3.63) is 53.7 Å². The van der Waals surface area contributed by atoms with Crippen LogP contribution in [-0.4, -0.2) is 52.6 Å². The summed E-state index contributed by atoms with van der Waals surface area (Å²) in [6, 6.07) is 8.29. The number of halogens is 3. The van der Waals surface area contributed by atoms with Crippen molar-refractivity contribution in [2.45, 2.75) is 63.0 Å². The number of benzene rings is 1. The molecule has 1 aromatic heterocycles.